The predicted octanol–water partition coefficient (Wildman–Crippen LogP) is 4.39. The second-order valence-electron chi connectivity index (χ2n) is 10.3. The van der Waals surface area contributed by atoms with Crippen molar-refractivity contribution in [2.75, 3.05) is 31.9 Å². The molecule has 0 aliphatic carbocycles. The Morgan fingerprint density at radius 3 is 2.20 bits per heavy atom. The van der Waals surface area contributed by atoms with Gasteiger partial charge in [-0.1, -0.05) is 61.5 Å². The Morgan fingerprint density at radius 2 is 1.55 bits per heavy atom. The standard InChI is InChI=1S/C30H39N3O5S2/c1-4-18-32(39(35,36)5-2)23-30(34)33(22-27-13-7-6-10-24(27)3)28-16-19-31(20-17-28)40(37,38)29-15-14-25-11-8-9-12-26(25)21-29/h6-15,21,28H,4-5,16-20,22-23H2,1-3H3. The molecule has 1 fully saturated rings. The molecule has 0 N–H and O–H groups in total. The highest BCUT2D eigenvalue weighted by Gasteiger charge is 2.35. The van der Waals surface area contributed by atoms with Crippen molar-refractivity contribution < 1.29 is 21.6 Å². The molecule has 0 atom stereocenters. The molecule has 0 bridgehead atoms. The predicted molar refractivity (Wildman–Crippen MR) is 159 cm³/mol. The van der Waals surface area contributed by atoms with Crippen molar-refractivity contribution >= 4 is 36.7 Å². The second kappa shape index (κ2) is 12.8. The summed E-state index contributed by atoms with van der Waals surface area (Å²) in [5, 5.41) is 1.85. The van der Waals surface area contributed by atoms with Crippen molar-refractivity contribution in [3.8, 4) is 0 Å². The molecule has 1 aliphatic heterocycles. The number of amides is 1. The molecular formula is C30H39N3O5S2. The number of sulfonamides is 2. The first-order valence-electron chi connectivity index (χ1n) is 13.9. The van der Waals surface area contributed by atoms with Crippen LogP contribution in [0.25, 0.3) is 10.8 Å². The highest BCUT2D eigenvalue weighted by atomic mass is 32.2. The minimum atomic E-state index is -3.70. The van der Waals surface area contributed by atoms with E-state index in [1.807, 2.05) is 68.4 Å². The fourth-order valence-electron chi connectivity index (χ4n) is 5.25. The summed E-state index contributed by atoms with van der Waals surface area (Å²) in [5.41, 5.74) is 2.03. The minimum absolute atomic E-state index is 0.0664. The molecule has 1 aliphatic rings. The number of benzene rings is 3. The number of nitrogens with zero attached hydrogens (tertiary/aromatic N) is 3. The topological polar surface area (TPSA) is 95.1 Å². The van der Waals surface area contributed by atoms with Crippen LogP contribution in [0.15, 0.2) is 71.6 Å². The van der Waals surface area contributed by atoms with Crippen molar-refractivity contribution in [3.05, 3.63) is 77.9 Å². The second-order valence-corrected chi connectivity index (χ2v) is 14.5. The van der Waals surface area contributed by atoms with Gasteiger partial charge in [-0.05, 0) is 67.1 Å². The molecule has 0 saturated carbocycles. The maximum absolute atomic E-state index is 13.7. The Kier molecular flexibility index (Phi) is 9.66. The maximum Gasteiger partial charge on any atom is 0.243 e. The smallest absolute Gasteiger partial charge is 0.243 e. The number of carbonyl (C=O) groups excluding carboxylic acids is 1. The first-order chi connectivity index (χ1) is 19.1. The molecule has 3 aromatic carbocycles. The fraction of sp³-hybridized carbons (Fsp3) is 0.433. The van der Waals surface area contributed by atoms with Gasteiger partial charge in [-0.15, -0.1) is 0 Å². The quantitative estimate of drug-likeness (QED) is 0.333. The summed E-state index contributed by atoms with van der Waals surface area (Å²) in [7, 11) is -7.23. The van der Waals surface area contributed by atoms with Gasteiger partial charge in [0.2, 0.25) is 26.0 Å². The molecule has 3 aromatic rings. The Labute approximate surface area is 238 Å². The van der Waals surface area contributed by atoms with Crippen molar-refractivity contribution in [2.45, 2.75) is 57.5 Å². The van der Waals surface area contributed by atoms with Gasteiger partial charge in [-0.25, -0.2) is 16.8 Å². The van der Waals surface area contributed by atoms with Gasteiger partial charge in [-0.3, -0.25) is 4.79 Å². The molecular weight excluding hydrogens is 546 g/mol. The van der Waals surface area contributed by atoms with Crippen molar-refractivity contribution in [1.82, 2.24) is 13.5 Å². The zero-order chi connectivity index (χ0) is 28.9. The van der Waals surface area contributed by atoms with Crippen LogP contribution >= 0.6 is 0 Å². The van der Waals surface area contributed by atoms with Crippen LogP contribution in [0.3, 0.4) is 0 Å². The Hall–Kier alpha value is -2.79. The van der Waals surface area contributed by atoms with E-state index in [2.05, 4.69) is 0 Å². The monoisotopic (exact) mass is 585 g/mol. The van der Waals surface area contributed by atoms with E-state index in [0.717, 1.165) is 21.9 Å². The highest BCUT2D eigenvalue weighted by Crippen LogP contribution is 2.27. The van der Waals surface area contributed by atoms with Crippen LogP contribution in [0.1, 0.15) is 44.2 Å². The van der Waals surface area contributed by atoms with E-state index >= 15 is 0 Å². The number of carbonyl (C=O) groups is 1. The molecule has 1 amide bonds. The van der Waals surface area contributed by atoms with Crippen LogP contribution in [0.5, 0.6) is 0 Å². The molecule has 216 valence electrons. The first kappa shape index (κ1) is 30.2. The summed E-state index contributed by atoms with van der Waals surface area (Å²) >= 11 is 0. The lowest BCUT2D eigenvalue weighted by molar-refractivity contribution is -0.135. The van der Waals surface area contributed by atoms with Crippen molar-refractivity contribution in [1.29, 1.82) is 0 Å². The van der Waals surface area contributed by atoms with E-state index < -0.39 is 20.0 Å². The first-order valence-corrected chi connectivity index (χ1v) is 16.9. The third-order valence-electron chi connectivity index (χ3n) is 7.69. The van der Waals surface area contributed by atoms with Gasteiger partial charge < -0.3 is 4.90 Å². The molecule has 1 saturated heterocycles. The third-order valence-corrected chi connectivity index (χ3v) is 11.4. The maximum atomic E-state index is 13.7. The summed E-state index contributed by atoms with van der Waals surface area (Å²) in [6, 6.07) is 20.5. The van der Waals surface area contributed by atoms with Crippen molar-refractivity contribution in [3.63, 3.8) is 0 Å². The number of hydrogen-bond donors (Lipinski definition) is 0. The number of aryl methyl sites for hydroxylation is 1. The average molecular weight is 586 g/mol. The Morgan fingerprint density at radius 1 is 0.900 bits per heavy atom. The lowest BCUT2D eigenvalue weighted by Gasteiger charge is -2.39. The zero-order valence-electron chi connectivity index (χ0n) is 23.5. The van der Waals surface area contributed by atoms with Gasteiger partial charge in [0.25, 0.3) is 0 Å². The van der Waals surface area contributed by atoms with Gasteiger partial charge in [0.15, 0.2) is 0 Å². The molecule has 0 radical (unpaired) electrons. The van der Waals surface area contributed by atoms with Crippen molar-refractivity contribution in [2.24, 2.45) is 0 Å². The summed E-state index contributed by atoms with van der Waals surface area (Å²) < 4.78 is 55.2. The van der Waals surface area contributed by atoms with Crippen LogP contribution in [-0.4, -0.2) is 74.2 Å². The van der Waals surface area contributed by atoms with Gasteiger partial charge in [-0.2, -0.15) is 8.61 Å². The van der Waals surface area contributed by atoms with E-state index in [9.17, 15) is 21.6 Å². The summed E-state index contributed by atoms with van der Waals surface area (Å²) in [6.45, 7) is 6.43. The van der Waals surface area contributed by atoms with Crippen LogP contribution < -0.4 is 0 Å². The fourth-order valence-corrected chi connectivity index (χ4v) is 7.89. The molecule has 0 aromatic heterocycles. The van der Waals surface area contributed by atoms with Crippen LogP contribution in [0.4, 0.5) is 0 Å². The summed E-state index contributed by atoms with van der Waals surface area (Å²) in [5.74, 6) is -0.326. The molecule has 4 rings (SSSR count). The van der Waals surface area contributed by atoms with Gasteiger partial charge in [0, 0.05) is 32.2 Å². The number of fused-ring (bicyclic) bond motifs is 1. The molecule has 0 spiro atoms. The van der Waals surface area contributed by atoms with Gasteiger partial charge >= 0.3 is 0 Å². The number of hydrogen-bond acceptors (Lipinski definition) is 5. The number of piperidine rings is 1. The van der Waals surface area contributed by atoms with Crippen LogP contribution in [0.2, 0.25) is 0 Å². The van der Waals surface area contributed by atoms with Gasteiger partial charge in [0.05, 0.1) is 17.2 Å². The molecule has 10 heteroatoms. The normalized spacial score (nSPS) is 15.5. The minimum Gasteiger partial charge on any atom is -0.334 e. The lowest BCUT2D eigenvalue weighted by Crippen LogP contribution is -2.51. The van der Waals surface area contributed by atoms with E-state index in [-0.39, 0.29) is 48.8 Å². The zero-order valence-corrected chi connectivity index (χ0v) is 25.1. The van der Waals surface area contributed by atoms with Crippen LogP contribution in [0, 0.1) is 6.92 Å². The lowest BCUT2D eigenvalue weighted by atomic mass is 10.0. The number of rotatable bonds is 11. The van der Waals surface area contributed by atoms with E-state index in [4.69, 9.17) is 0 Å². The molecule has 0 unspecified atom stereocenters. The largest absolute Gasteiger partial charge is 0.334 e. The summed E-state index contributed by atoms with van der Waals surface area (Å²) in [4.78, 5) is 15.7. The molecule has 40 heavy (non-hydrogen) atoms. The SMILES string of the molecule is CCCN(CC(=O)N(Cc1ccccc1C)C1CCN(S(=O)(=O)c2ccc3ccccc3c2)CC1)S(=O)(=O)CC. The molecule has 8 nitrogen and oxygen atoms in total. The van der Waals surface area contributed by atoms with Crippen LogP contribution in [-0.2, 0) is 31.4 Å². The highest BCUT2D eigenvalue weighted by molar-refractivity contribution is 7.89. The summed E-state index contributed by atoms with van der Waals surface area (Å²) in [6.07, 6.45) is 1.55. The third kappa shape index (κ3) is 6.74. The average Bonchev–Trinajstić information content (AvgIpc) is 2.96. The molecule has 1 heterocycles. The van der Waals surface area contributed by atoms with E-state index in [0.29, 0.717) is 25.8 Å². The Balaban J connectivity index is 1.54. The van der Waals surface area contributed by atoms with E-state index in [1.54, 1.807) is 24.0 Å². The Bertz CT molecular complexity index is 1550. The van der Waals surface area contributed by atoms with E-state index in [1.165, 1.54) is 8.61 Å². The van der Waals surface area contributed by atoms with Gasteiger partial charge in [0.1, 0.15) is 0 Å².